The summed E-state index contributed by atoms with van der Waals surface area (Å²) < 4.78 is 10.7. The maximum absolute atomic E-state index is 12.1. The Balaban J connectivity index is 2.80. The Hall–Kier alpha value is -1.30. The lowest BCUT2D eigenvalue weighted by Crippen LogP contribution is -2.61. The van der Waals surface area contributed by atoms with Crippen molar-refractivity contribution in [3.8, 4) is 0 Å². The van der Waals surface area contributed by atoms with Crippen LogP contribution in [0.1, 0.15) is 33.1 Å². The monoisotopic (exact) mass is 270 g/mol. The lowest BCUT2D eigenvalue weighted by atomic mass is 9.79. The summed E-state index contributed by atoms with van der Waals surface area (Å²) in [5, 5.41) is 6.65. The zero-order valence-corrected chi connectivity index (χ0v) is 11.8. The molecular weight excluding hydrogens is 248 g/mol. The Bertz CT molecular complexity index is 370. The van der Waals surface area contributed by atoms with E-state index in [-0.39, 0.29) is 11.6 Å². The highest BCUT2D eigenvalue weighted by atomic mass is 16.5. The summed E-state index contributed by atoms with van der Waals surface area (Å²) in [4.78, 5) is 14.8. The first kappa shape index (κ1) is 15.8. The molecule has 0 aromatic rings. The number of ether oxygens (including phenoxy) is 2. The molecule has 108 valence electrons. The van der Waals surface area contributed by atoms with Gasteiger partial charge < -0.3 is 14.8 Å². The van der Waals surface area contributed by atoms with Crippen molar-refractivity contribution >= 4 is 5.97 Å². The second-order valence-corrected chi connectivity index (χ2v) is 5.03. The Labute approximate surface area is 113 Å². The summed E-state index contributed by atoms with van der Waals surface area (Å²) in [6.07, 6.45) is 1.94. The van der Waals surface area contributed by atoms with Gasteiger partial charge in [-0.15, -0.1) is 0 Å². The van der Waals surface area contributed by atoms with E-state index < -0.39 is 5.54 Å². The molecular formula is C12H22N4O3. The van der Waals surface area contributed by atoms with Crippen molar-refractivity contribution in [1.82, 2.24) is 5.32 Å². The van der Waals surface area contributed by atoms with E-state index in [0.29, 0.717) is 32.5 Å². The van der Waals surface area contributed by atoms with Crippen molar-refractivity contribution in [1.29, 1.82) is 0 Å². The van der Waals surface area contributed by atoms with Gasteiger partial charge in [0.15, 0.2) is 0 Å². The smallest absolute Gasteiger partial charge is 0.326 e. The summed E-state index contributed by atoms with van der Waals surface area (Å²) in [5.74, 6) is -0.281. The van der Waals surface area contributed by atoms with Crippen LogP contribution in [0, 0.1) is 0 Å². The zero-order chi connectivity index (χ0) is 14.4. The molecule has 1 fully saturated rings. The van der Waals surface area contributed by atoms with Gasteiger partial charge in [-0.25, -0.2) is 0 Å². The third kappa shape index (κ3) is 3.83. The summed E-state index contributed by atoms with van der Waals surface area (Å²) in [6.45, 7) is 5.29. The highest BCUT2D eigenvalue weighted by Crippen LogP contribution is 2.35. The summed E-state index contributed by atoms with van der Waals surface area (Å²) >= 11 is 0. The molecule has 1 N–H and O–H groups in total. The summed E-state index contributed by atoms with van der Waals surface area (Å²) in [5.41, 5.74) is 7.18. The van der Waals surface area contributed by atoms with Crippen molar-refractivity contribution < 1.29 is 14.3 Å². The number of carbonyl (C=O) groups excluding carboxylic acids is 1. The molecule has 7 nitrogen and oxygen atoms in total. The van der Waals surface area contributed by atoms with Crippen LogP contribution in [-0.4, -0.2) is 43.9 Å². The number of carbonyl (C=O) groups is 1. The molecule has 0 aliphatic carbocycles. The van der Waals surface area contributed by atoms with Crippen LogP contribution in [-0.2, 0) is 14.3 Å². The van der Waals surface area contributed by atoms with Crippen molar-refractivity contribution in [2.75, 3.05) is 26.8 Å². The largest absolute Gasteiger partial charge is 0.468 e. The van der Waals surface area contributed by atoms with Crippen LogP contribution in [0.4, 0.5) is 0 Å². The van der Waals surface area contributed by atoms with Crippen LogP contribution in [0.15, 0.2) is 5.11 Å². The quantitative estimate of drug-likeness (QED) is 0.261. The Morgan fingerprint density at radius 1 is 1.63 bits per heavy atom. The highest BCUT2D eigenvalue weighted by molar-refractivity contribution is 5.81. The number of rotatable bonds is 6. The first-order valence-corrected chi connectivity index (χ1v) is 6.50. The number of nitrogens with one attached hydrogen (secondary N) is 1. The molecule has 0 saturated carbocycles. The van der Waals surface area contributed by atoms with E-state index in [1.165, 1.54) is 7.11 Å². The van der Waals surface area contributed by atoms with Crippen molar-refractivity contribution in [3.05, 3.63) is 10.4 Å². The molecule has 0 spiro atoms. The standard InChI is InChI=1S/C12H22N4O3/c1-4-11(2)9-12(5-8-19-11,10(17)18-3)14-6-7-15-16-13/h14H,4-9H2,1-3H3. The van der Waals surface area contributed by atoms with Gasteiger partial charge in [-0.3, -0.25) is 4.79 Å². The van der Waals surface area contributed by atoms with Crippen LogP contribution in [0.25, 0.3) is 10.4 Å². The average molecular weight is 270 g/mol. The Kier molecular flexibility index (Phi) is 5.60. The molecule has 2 atom stereocenters. The van der Waals surface area contributed by atoms with Crippen LogP contribution in [0.2, 0.25) is 0 Å². The van der Waals surface area contributed by atoms with Gasteiger partial charge >= 0.3 is 5.97 Å². The molecule has 7 heteroatoms. The van der Waals surface area contributed by atoms with Gasteiger partial charge in [-0.2, -0.15) is 0 Å². The third-order valence-corrected chi connectivity index (χ3v) is 3.72. The van der Waals surface area contributed by atoms with E-state index in [1.807, 2.05) is 13.8 Å². The number of hydrogen-bond donors (Lipinski definition) is 1. The molecule has 19 heavy (non-hydrogen) atoms. The first-order valence-electron chi connectivity index (χ1n) is 6.50. The predicted molar refractivity (Wildman–Crippen MR) is 70.6 cm³/mol. The number of esters is 1. The van der Waals surface area contributed by atoms with Crippen molar-refractivity contribution in [2.45, 2.75) is 44.2 Å². The maximum atomic E-state index is 12.1. The van der Waals surface area contributed by atoms with E-state index >= 15 is 0 Å². The van der Waals surface area contributed by atoms with E-state index in [2.05, 4.69) is 15.3 Å². The minimum atomic E-state index is -0.747. The fourth-order valence-corrected chi connectivity index (χ4v) is 2.46. The van der Waals surface area contributed by atoms with Gasteiger partial charge in [0.2, 0.25) is 0 Å². The first-order chi connectivity index (χ1) is 9.02. The van der Waals surface area contributed by atoms with Crippen molar-refractivity contribution in [3.63, 3.8) is 0 Å². The number of nitrogens with zero attached hydrogens (tertiary/aromatic N) is 3. The van der Waals surface area contributed by atoms with E-state index in [1.54, 1.807) is 0 Å². The molecule has 0 radical (unpaired) electrons. The third-order valence-electron chi connectivity index (χ3n) is 3.72. The fourth-order valence-electron chi connectivity index (χ4n) is 2.46. The SMILES string of the molecule is CCC1(C)CC(NCCN=[N+]=[N-])(C(=O)OC)CCO1. The zero-order valence-electron chi connectivity index (χ0n) is 11.8. The molecule has 1 rings (SSSR count). The minimum Gasteiger partial charge on any atom is -0.468 e. The van der Waals surface area contributed by atoms with E-state index in [0.717, 1.165) is 6.42 Å². The Morgan fingerprint density at radius 2 is 2.37 bits per heavy atom. The fraction of sp³-hybridized carbons (Fsp3) is 0.917. The van der Waals surface area contributed by atoms with Gasteiger partial charge in [0.1, 0.15) is 5.54 Å². The van der Waals surface area contributed by atoms with Gasteiger partial charge in [-0.1, -0.05) is 12.0 Å². The summed E-state index contributed by atoms with van der Waals surface area (Å²) in [6, 6.07) is 0. The second kappa shape index (κ2) is 6.75. The average Bonchev–Trinajstić information content (AvgIpc) is 2.43. The van der Waals surface area contributed by atoms with Gasteiger partial charge in [0.25, 0.3) is 0 Å². The molecule has 1 heterocycles. The highest BCUT2D eigenvalue weighted by Gasteiger charge is 2.48. The second-order valence-electron chi connectivity index (χ2n) is 5.03. The van der Waals surface area contributed by atoms with Gasteiger partial charge in [-0.05, 0) is 25.3 Å². The predicted octanol–water partition coefficient (Wildman–Crippen LogP) is 1.78. The molecule has 1 aliphatic rings. The molecule has 2 unspecified atom stereocenters. The molecule has 1 saturated heterocycles. The maximum Gasteiger partial charge on any atom is 0.326 e. The molecule has 0 amide bonds. The van der Waals surface area contributed by atoms with Gasteiger partial charge in [0, 0.05) is 31.0 Å². The number of hydrogen-bond acceptors (Lipinski definition) is 5. The van der Waals surface area contributed by atoms with Crippen LogP contribution in [0.5, 0.6) is 0 Å². The molecule has 0 bridgehead atoms. The van der Waals surface area contributed by atoms with Crippen LogP contribution in [0.3, 0.4) is 0 Å². The van der Waals surface area contributed by atoms with Crippen molar-refractivity contribution in [2.24, 2.45) is 5.11 Å². The minimum absolute atomic E-state index is 0.281. The van der Waals surface area contributed by atoms with Crippen LogP contribution < -0.4 is 5.32 Å². The van der Waals surface area contributed by atoms with E-state index in [4.69, 9.17) is 15.0 Å². The summed E-state index contributed by atoms with van der Waals surface area (Å²) in [7, 11) is 1.39. The van der Waals surface area contributed by atoms with E-state index in [9.17, 15) is 4.79 Å². The van der Waals surface area contributed by atoms with Crippen LogP contribution >= 0.6 is 0 Å². The molecule has 0 aromatic carbocycles. The lowest BCUT2D eigenvalue weighted by Gasteiger charge is -2.44. The van der Waals surface area contributed by atoms with Gasteiger partial charge in [0.05, 0.1) is 12.7 Å². The molecule has 0 aromatic heterocycles. The number of methoxy groups -OCH3 is 1. The normalized spacial score (nSPS) is 30.5. The Morgan fingerprint density at radius 3 is 2.95 bits per heavy atom. The lowest BCUT2D eigenvalue weighted by molar-refractivity contribution is -0.163. The number of azide groups is 1. The molecule has 1 aliphatic heterocycles. The topological polar surface area (TPSA) is 96.3 Å².